The number of alkyl carbamates (subject to hydrolysis) is 1. The molecule has 0 fully saturated rings. The van der Waals surface area contributed by atoms with Crippen molar-refractivity contribution in [3.63, 3.8) is 0 Å². The van der Waals surface area contributed by atoms with Gasteiger partial charge in [-0.15, -0.1) is 0 Å². The number of esters is 1. The van der Waals surface area contributed by atoms with Crippen molar-refractivity contribution in [3.05, 3.63) is 34.1 Å². The average Bonchev–Trinajstić information content (AvgIpc) is 2.39. The van der Waals surface area contributed by atoms with Gasteiger partial charge in [-0.3, -0.25) is 0 Å². The second kappa shape index (κ2) is 8.29. The second-order valence-electron chi connectivity index (χ2n) is 5.89. The van der Waals surface area contributed by atoms with Gasteiger partial charge in [0.15, 0.2) is 0 Å². The average molecular weight is 390 g/mol. The third-order valence-corrected chi connectivity index (χ3v) is 3.19. The lowest BCUT2D eigenvalue weighted by atomic mass is 10.1. The molecule has 1 unspecified atom stereocenters. The molecule has 1 aromatic carbocycles. The van der Waals surface area contributed by atoms with Gasteiger partial charge >= 0.3 is 12.1 Å². The fourth-order valence-corrected chi connectivity index (χ4v) is 2.13. The zero-order chi connectivity index (χ0) is 17.6. The van der Waals surface area contributed by atoms with Gasteiger partial charge in [-0.1, -0.05) is 22.0 Å². The van der Waals surface area contributed by atoms with E-state index in [1.807, 2.05) is 0 Å². The van der Waals surface area contributed by atoms with Crippen LogP contribution in [0.1, 0.15) is 33.3 Å². The van der Waals surface area contributed by atoms with Crippen LogP contribution in [0.2, 0.25) is 0 Å². The molecule has 0 aliphatic rings. The van der Waals surface area contributed by atoms with E-state index in [9.17, 15) is 14.0 Å². The highest BCUT2D eigenvalue weighted by molar-refractivity contribution is 9.10. The van der Waals surface area contributed by atoms with Gasteiger partial charge in [0.25, 0.3) is 0 Å². The van der Waals surface area contributed by atoms with Crippen LogP contribution in [0.25, 0.3) is 0 Å². The number of rotatable bonds is 5. The lowest BCUT2D eigenvalue weighted by Gasteiger charge is -2.23. The standard InChI is InChI=1S/C16H21BrFNO4/c1-5-22-14(20)13(19-15(21)23-16(2,3)4)8-10-6-7-11(17)9-12(10)18/h6-7,9,13H,5,8H2,1-4H3,(H,19,21). The van der Waals surface area contributed by atoms with Crippen LogP contribution in [0.15, 0.2) is 22.7 Å². The van der Waals surface area contributed by atoms with E-state index in [1.165, 1.54) is 6.07 Å². The highest BCUT2D eigenvalue weighted by Crippen LogP contribution is 2.17. The Balaban J connectivity index is 2.88. The Hall–Kier alpha value is -1.63. The largest absolute Gasteiger partial charge is 0.464 e. The number of hydrogen-bond acceptors (Lipinski definition) is 4. The van der Waals surface area contributed by atoms with Crippen LogP contribution < -0.4 is 5.32 Å². The maximum absolute atomic E-state index is 13.9. The molecular formula is C16H21BrFNO4. The molecule has 0 spiro atoms. The minimum Gasteiger partial charge on any atom is -0.464 e. The van der Waals surface area contributed by atoms with Crippen LogP contribution in [0.5, 0.6) is 0 Å². The zero-order valence-electron chi connectivity index (χ0n) is 13.6. The molecule has 0 aliphatic carbocycles. The quantitative estimate of drug-likeness (QED) is 0.781. The lowest BCUT2D eigenvalue weighted by molar-refractivity contribution is -0.145. The molecule has 0 aliphatic heterocycles. The summed E-state index contributed by atoms with van der Waals surface area (Å²) in [5.74, 6) is -1.11. The van der Waals surface area contributed by atoms with E-state index in [0.717, 1.165) is 0 Å². The first kappa shape index (κ1) is 19.4. The number of amides is 1. The molecule has 128 valence electrons. The number of ether oxygens (including phenoxy) is 2. The Morgan fingerprint density at radius 3 is 2.52 bits per heavy atom. The van der Waals surface area contributed by atoms with Crippen molar-refractivity contribution in [2.45, 2.75) is 45.8 Å². The first-order valence-corrected chi connectivity index (χ1v) is 8.01. The summed E-state index contributed by atoms with van der Waals surface area (Å²) in [6, 6.07) is 3.47. The maximum atomic E-state index is 13.9. The second-order valence-corrected chi connectivity index (χ2v) is 6.81. The summed E-state index contributed by atoms with van der Waals surface area (Å²) in [7, 11) is 0. The van der Waals surface area contributed by atoms with E-state index in [2.05, 4.69) is 21.2 Å². The van der Waals surface area contributed by atoms with Crippen LogP contribution in [-0.4, -0.2) is 30.3 Å². The molecule has 0 bridgehead atoms. The fraction of sp³-hybridized carbons (Fsp3) is 0.500. The predicted octanol–water partition coefficient (Wildman–Crippen LogP) is 3.59. The molecule has 0 aromatic heterocycles. The lowest BCUT2D eigenvalue weighted by Crippen LogP contribution is -2.45. The van der Waals surface area contributed by atoms with Gasteiger partial charge in [0, 0.05) is 10.9 Å². The Kier molecular flexibility index (Phi) is 7.00. The molecule has 23 heavy (non-hydrogen) atoms. The van der Waals surface area contributed by atoms with Gasteiger partial charge in [-0.2, -0.15) is 0 Å². The molecule has 5 nitrogen and oxygen atoms in total. The molecule has 1 amide bonds. The monoisotopic (exact) mass is 389 g/mol. The first-order valence-electron chi connectivity index (χ1n) is 7.22. The molecule has 0 saturated carbocycles. The predicted molar refractivity (Wildman–Crippen MR) is 87.6 cm³/mol. The Morgan fingerprint density at radius 1 is 1.35 bits per heavy atom. The number of hydrogen-bond donors (Lipinski definition) is 1. The fourth-order valence-electron chi connectivity index (χ4n) is 1.79. The van der Waals surface area contributed by atoms with Crippen LogP contribution in [-0.2, 0) is 20.7 Å². The van der Waals surface area contributed by atoms with E-state index in [4.69, 9.17) is 9.47 Å². The van der Waals surface area contributed by atoms with Crippen LogP contribution in [0.4, 0.5) is 9.18 Å². The normalized spacial score (nSPS) is 12.4. The van der Waals surface area contributed by atoms with Crippen LogP contribution in [0, 0.1) is 5.82 Å². The number of halogens is 2. The van der Waals surface area contributed by atoms with E-state index >= 15 is 0 Å². The molecule has 0 radical (unpaired) electrons. The van der Waals surface area contributed by atoms with Gasteiger partial charge in [0.2, 0.25) is 0 Å². The van der Waals surface area contributed by atoms with Crippen LogP contribution in [0.3, 0.4) is 0 Å². The molecule has 0 saturated heterocycles. The smallest absolute Gasteiger partial charge is 0.408 e. The molecule has 7 heteroatoms. The molecule has 1 atom stereocenters. The number of nitrogens with one attached hydrogen (secondary N) is 1. The van der Waals surface area contributed by atoms with E-state index in [0.29, 0.717) is 10.0 Å². The third kappa shape index (κ3) is 6.99. The summed E-state index contributed by atoms with van der Waals surface area (Å²) in [4.78, 5) is 23.9. The van der Waals surface area contributed by atoms with Gasteiger partial charge in [0.1, 0.15) is 17.5 Å². The molecule has 1 aromatic rings. The highest BCUT2D eigenvalue weighted by atomic mass is 79.9. The summed E-state index contributed by atoms with van der Waals surface area (Å²) in [5, 5.41) is 2.43. The zero-order valence-corrected chi connectivity index (χ0v) is 15.2. The van der Waals surface area contributed by atoms with Gasteiger partial charge in [0.05, 0.1) is 6.61 Å². The highest BCUT2D eigenvalue weighted by Gasteiger charge is 2.26. The molecule has 1 rings (SSSR count). The Labute approximate surface area is 143 Å². The van der Waals surface area contributed by atoms with Gasteiger partial charge in [-0.25, -0.2) is 14.0 Å². The number of carbonyl (C=O) groups excluding carboxylic acids is 2. The topological polar surface area (TPSA) is 64.6 Å². The Bertz CT molecular complexity index is 572. The van der Waals surface area contributed by atoms with E-state index in [1.54, 1.807) is 39.8 Å². The van der Waals surface area contributed by atoms with Crippen molar-refractivity contribution in [1.29, 1.82) is 0 Å². The van der Waals surface area contributed by atoms with Gasteiger partial charge < -0.3 is 14.8 Å². The van der Waals surface area contributed by atoms with Crippen molar-refractivity contribution in [1.82, 2.24) is 5.32 Å². The molecule has 0 heterocycles. The third-order valence-electron chi connectivity index (χ3n) is 2.70. The van der Waals surface area contributed by atoms with Gasteiger partial charge in [-0.05, 0) is 45.4 Å². The minimum absolute atomic E-state index is 0.0306. The summed E-state index contributed by atoms with van der Waals surface area (Å²) in [6.07, 6.45) is -0.787. The van der Waals surface area contributed by atoms with Crippen LogP contribution >= 0.6 is 15.9 Å². The van der Waals surface area contributed by atoms with E-state index < -0.39 is 29.5 Å². The number of carbonyl (C=O) groups is 2. The van der Waals surface area contributed by atoms with Crippen molar-refractivity contribution < 1.29 is 23.5 Å². The van der Waals surface area contributed by atoms with Crippen molar-refractivity contribution in [2.24, 2.45) is 0 Å². The summed E-state index contributed by atoms with van der Waals surface area (Å²) in [6.45, 7) is 6.94. The Morgan fingerprint density at radius 2 is 2.00 bits per heavy atom. The maximum Gasteiger partial charge on any atom is 0.408 e. The SMILES string of the molecule is CCOC(=O)C(Cc1ccc(Br)cc1F)NC(=O)OC(C)(C)C. The van der Waals surface area contributed by atoms with E-state index in [-0.39, 0.29) is 13.0 Å². The summed E-state index contributed by atoms with van der Waals surface area (Å²) < 4.78 is 24.6. The minimum atomic E-state index is -1.03. The molecule has 1 N–H and O–H groups in total. The molecular weight excluding hydrogens is 369 g/mol. The number of benzene rings is 1. The summed E-state index contributed by atoms with van der Waals surface area (Å²) >= 11 is 3.17. The first-order chi connectivity index (χ1) is 10.6. The summed E-state index contributed by atoms with van der Waals surface area (Å²) in [5.41, 5.74) is -0.408. The van der Waals surface area contributed by atoms with Crippen molar-refractivity contribution in [2.75, 3.05) is 6.61 Å². The van der Waals surface area contributed by atoms with Crippen molar-refractivity contribution >= 4 is 28.0 Å². The van der Waals surface area contributed by atoms with Crippen molar-refractivity contribution in [3.8, 4) is 0 Å².